The standard InChI is InChI=1S/C13H11BrF2N2/c14-8-1-4-10(5-2-8)18-12-6-3-9(17)7-11(12)13(15)16/h1-7,13,18H,17H2. The van der Waals surface area contributed by atoms with Crippen molar-refractivity contribution in [2.75, 3.05) is 11.1 Å². The summed E-state index contributed by atoms with van der Waals surface area (Å²) >= 11 is 3.31. The Labute approximate surface area is 112 Å². The molecule has 0 saturated carbocycles. The summed E-state index contributed by atoms with van der Waals surface area (Å²) in [7, 11) is 0. The van der Waals surface area contributed by atoms with E-state index < -0.39 is 6.43 Å². The Morgan fingerprint density at radius 3 is 2.33 bits per heavy atom. The second-order valence-electron chi connectivity index (χ2n) is 3.78. The van der Waals surface area contributed by atoms with Crippen LogP contribution < -0.4 is 11.1 Å². The summed E-state index contributed by atoms with van der Waals surface area (Å²) < 4.78 is 26.7. The van der Waals surface area contributed by atoms with Crippen molar-refractivity contribution in [1.29, 1.82) is 0 Å². The van der Waals surface area contributed by atoms with Crippen LogP contribution in [-0.4, -0.2) is 0 Å². The molecule has 0 unspecified atom stereocenters. The smallest absolute Gasteiger partial charge is 0.265 e. The van der Waals surface area contributed by atoms with E-state index in [-0.39, 0.29) is 5.56 Å². The van der Waals surface area contributed by atoms with Gasteiger partial charge in [-0.3, -0.25) is 0 Å². The van der Waals surface area contributed by atoms with Crippen LogP contribution >= 0.6 is 15.9 Å². The molecule has 0 saturated heterocycles. The van der Waals surface area contributed by atoms with E-state index in [1.165, 1.54) is 6.07 Å². The summed E-state index contributed by atoms with van der Waals surface area (Å²) in [5, 5.41) is 2.95. The molecule has 5 heteroatoms. The molecule has 0 aliphatic heterocycles. The van der Waals surface area contributed by atoms with E-state index in [1.54, 1.807) is 24.3 Å². The number of benzene rings is 2. The first-order valence-corrected chi connectivity index (χ1v) is 6.06. The Kier molecular flexibility index (Phi) is 3.81. The number of hydrogen-bond donors (Lipinski definition) is 2. The van der Waals surface area contributed by atoms with Gasteiger partial charge in [0.2, 0.25) is 0 Å². The van der Waals surface area contributed by atoms with Gasteiger partial charge in [-0.2, -0.15) is 0 Å². The lowest BCUT2D eigenvalue weighted by atomic mass is 10.1. The van der Waals surface area contributed by atoms with Crippen LogP contribution in [0.1, 0.15) is 12.0 Å². The predicted molar refractivity (Wildman–Crippen MR) is 73.2 cm³/mol. The van der Waals surface area contributed by atoms with Crippen molar-refractivity contribution in [3.8, 4) is 0 Å². The van der Waals surface area contributed by atoms with Crippen LogP contribution in [0.15, 0.2) is 46.9 Å². The zero-order valence-corrected chi connectivity index (χ0v) is 10.9. The third-order valence-electron chi connectivity index (χ3n) is 2.43. The highest BCUT2D eigenvalue weighted by Crippen LogP contribution is 2.31. The number of rotatable bonds is 3. The fraction of sp³-hybridized carbons (Fsp3) is 0.0769. The summed E-state index contributed by atoms with van der Waals surface area (Å²) in [4.78, 5) is 0. The van der Waals surface area contributed by atoms with Crippen molar-refractivity contribution in [2.45, 2.75) is 6.43 Å². The summed E-state index contributed by atoms with van der Waals surface area (Å²) in [5.74, 6) is 0. The van der Waals surface area contributed by atoms with Crippen LogP contribution in [-0.2, 0) is 0 Å². The molecule has 0 bridgehead atoms. The first-order chi connectivity index (χ1) is 8.56. The highest BCUT2D eigenvalue weighted by Gasteiger charge is 2.13. The topological polar surface area (TPSA) is 38.0 Å². The molecule has 0 radical (unpaired) electrons. The zero-order chi connectivity index (χ0) is 13.1. The van der Waals surface area contributed by atoms with Gasteiger partial charge in [-0.25, -0.2) is 8.78 Å². The number of halogens is 3. The second-order valence-corrected chi connectivity index (χ2v) is 4.69. The second kappa shape index (κ2) is 5.35. The van der Waals surface area contributed by atoms with Gasteiger partial charge in [0.1, 0.15) is 0 Å². The van der Waals surface area contributed by atoms with Gasteiger partial charge in [0.15, 0.2) is 0 Å². The zero-order valence-electron chi connectivity index (χ0n) is 9.33. The quantitative estimate of drug-likeness (QED) is 0.805. The minimum Gasteiger partial charge on any atom is -0.399 e. The predicted octanol–water partition coefficient (Wildman–Crippen LogP) is 4.71. The monoisotopic (exact) mass is 312 g/mol. The molecule has 0 aromatic heterocycles. The molecule has 0 aliphatic carbocycles. The Morgan fingerprint density at radius 2 is 1.72 bits per heavy atom. The number of alkyl halides is 2. The van der Waals surface area contributed by atoms with E-state index >= 15 is 0 Å². The summed E-state index contributed by atoms with van der Waals surface area (Å²) in [6.07, 6.45) is -2.56. The van der Waals surface area contributed by atoms with Crippen molar-refractivity contribution in [2.24, 2.45) is 0 Å². The van der Waals surface area contributed by atoms with Crippen molar-refractivity contribution in [3.63, 3.8) is 0 Å². The number of hydrogen-bond acceptors (Lipinski definition) is 2. The van der Waals surface area contributed by atoms with Gasteiger partial charge < -0.3 is 11.1 Å². The van der Waals surface area contributed by atoms with E-state index in [0.29, 0.717) is 11.4 Å². The Bertz CT molecular complexity index is 541. The highest BCUT2D eigenvalue weighted by atomic mass is 79.9. The maximum Gasteiger partial charge on any atom is 0.265 e. The number of anilines is 3. The van der Waals surface area contributed by atoms with Crippen LogP contribution in [0.4, 0.5) is 25.8 Å². The molecule has 3 N–H and O–H groups in total. The average molecular weight is 313 g/mol. The lowest BCUT2D eigenvalue weighted by molar-refractivity contribution is 0.152. The molecule has 2 rings (SSSR count). The molecule has 94 valence electrons. The van der Waals surface area contributed by atoms with Crippen molar-refractivity contribution < 1.29 is 8.78 Å². The van der Waals surface area contributed by atoms with Gasteiger partial charge in [0.05, 0.1) is 0 Å². The molecular formula is C13H11BrF2N2. The van der Waals surface area contributed by atoms with E-state index in [1.807, 2.05) is 12.1 Å². The van der Waals surface area contributed by atoms with Gasteiger partial charge in [-0.1, -0.05) is 15.9 Å². The van der Waals surface area contributed by atoms with Crippen LogP contribution in [0.2, 0.25) is 0 Å². The molecule has 2 aromatic rings. The summed E-state index contributed by atoms with van der Waals surface area (Å²) in [6.45, 7) is 0. The molecule has 0 aliphatic rings. The molecule has 18 heavy (non-hydrogen) atoms. The molecule has 0 spiro atoms. The SMILES string of the molecule is Nc1ccc(Nc2ccc(Br)cc2)c(C(F)F)c1. The summed E-state index contributed by atoms with van der Waals surface area (Å²) in [6, 6.07) is 11.7. The van der Waals surface area contributed by atoms with E-state index in [0.717, 1.165) is 10.2 Å². The third-order valence-corrected chi connectivity index (χ3v) is 2.96. The lowest BCUT2D eigenvalue weighted by Gasteiger charge is -2.12. The Hall–Kier alpha value is -1.62. The fourth-order valence-electron chi connectivity index (χ4n) is 1.56. The first kappa shape index (κ1) is 12.8. The molecule has 0 heterocycles. The van der Waals surface area contributed by atoms with Crippen LogP contribution in [0, 0.1) is 0 Å². The van der Waals surface area contributed by atoms with Crippen molar-refractivity contribution in [1.82, 2.24) is 0 Å². The van der Waals surface area contributed by atoms with Gasteiger partial charge in [0, 0.05) is 27.1 Å². The molecule has 0 fully saturated rings. The van der Waals surface area contributed by atoms with Gasteiger partial charge >= 0.3 is 0 Å². The van der Waals surface area contributed by atoms with Gasteiger partial charge in [-0.05, 0) is 42.5 Å². The summed E-state index contributed by atoms with van der Waals surface area (Å²) in [5.41, 5.74) is 6.84. The molecule has 0 amide bonds. The lowest BCUT2D eigenvalue weighted by Crippen LogP contribution is -1.98. The first-order valence-electron chi connectivity index (χ1n) is 5.26. The van der Waals surface area contributed by atoms with E-state index in [9.17, 15) is 8.78 Å². The minimum atomic E-state index is -2.56. The fourth-order valence-corrected chi connectivity index (χ4v) is 1.83. The van der Waals surface area contributed by atoms with E-state index in [2.05, 4.69) is 21.2 Å². The largest absolute Gasteiger partial charge is 0.399 e. The number of nitrogen functional groups attached to an aromatic ring is 1. The van der Waals surface area contributed by atoms with Gasteiger partial charge in [-0.15, -0.1) is 0 Å². The van der Waals surface area contributed by atoms with Crippen molar-refractivity contribution in [3.05, 3.63) is 52.5 Å². The van der Waals surface area contributed by atoms with Crippen LogP contribution in [0.3, 0.4) is 0 Å². The Morgan fingerprint density at radius 1 is 1.06 bits per heavy atom. The van der Waals surface area contributed by atoms with Crippen molar-refractivity contribution >= 4 is 33.0 Å². The molecule has 2 aromatic carbocycles. The minimum absolute atomic E-state index is 0.0991. The highest BCUT2D eigenvalue weighted by molar-refractivity contribution is 9.10. The van der Waals surface area contributed by atoms with Crippen LogP contribution in [0.25, 0.3) is 0 Å². The van der Waals surface area contributed by atoms with E-state index in [4.69, 9.17) is 5.73 Å². The molecule has 0 atom stereocenters. The number of nitrogens with one attached hydrogen (secondary N) is 1. The molecule has 2 nitrogen and oxygen atoms in total. The molecular weight excluding hydrogens is 302 g/mol. The number of nitrogens with two attached hydrogens (primary N) is 1. The third kappa shape index (κ3) is 2.98. The normalized spacial score (nSPS) is 10.7. The van der Waals surface area contributed by atoms with Gasteiger partial charge in [0.25, 0.3) is 6.43 Å². The van der Waals surface area contributed by atoms with Crippen LogP contribution in [0.5, 0.6) is 0 Å². The Balaban J connectivity index is 2.31. The average Bonchev–Trinajstić information content (AvgIpc) is 2.34. The maximum atomic E-state index is 12.9. The maximum absolute atomic E-state index is 12.9.